The molecule has 4 rings (SSSR count). The number of rotatable bonds is 4. The first-order valence-corrected chi connectivity index (χ1v) is 10.5. The number of fused-ring (bicyclic) bond motifs is 1. The normalized spacial score (nSPS) is 11.2. The molecular weight excluding hydrogens is 447 g/mol. The van der Waals surface area contributed by atoms with Gasteiger partial charge in [-0.15, -0.1) is 0 Å². The quantitative estimate of drug-likeness (QED) is 0.338. The summed E-state index contributed by atoms with van der Waals surface area (Å²) in [4.78, 5) is 26.0. The van der Waals surface area contributed by atoms with E-state index in [4.69, 9.17) is 23.2 Å². The first kappa shape index (κ1) is 21.7. The van der Waals surface area contributed by atoms with Crippen LogP contribution in [0.2, 0.25) is 10.0 Å². The molecule has 0 aliphatic rings. The van der Waals surface area contributed by atoms with Gasteiger partial charge >= 0.3 is 0 Å². The molecule has 0 aliphatic carbocycles. The van der Waals surface area contributed by atoms with Crippen LogP contribution in [0.15, 0.2) is 70.6 Å². The summed E-state index contributed by atoms with van der Waals surface area (Å²) in [5.41, 5.74) is 5.51. The first-order chi connectivity index (χ1) is 15.3. The maximum Gasteiger partial charge on any atom is 0.292 e. The van der Waals surface area contributed by atoms with Crippen LogP contribution in [0.3, 0.4) is 0 Å². The predicted octanol–water partition coefficient (Wildman–Crippen LogP) is 5.07. The van der Waals surface area contributed by atoms with E-state index in [9.17, 15) is 9.59 Å². The van der Waals surface area contributed by atoms with Crippen molar-refractivity contribution in [1.82, 2.24) is 15.2 Å². The number of carbonyl (C=O) groups excluding carboxylic acids is 1. The number of nitrogens with zero attached hydrogens (tertiary/aromatic N) is 3. The fourth-order valence-corrected chi connectivity index (χ4v) is 3.67. The van der Waals surface area contributed by atoms with E-state index in [1.807, 2.05) is 26.0 Å². The lowest BCUT2D eigenvalue weighted by atomic mass is 10.1. The molecule has 160 valence electrons. The molecule has 0 aliphatic heterocycles. The Morgan fingerprint density at radius 2 is 1.75 bits per heavy atom. The van der Waals surface area contributed by atoms with Gasteiger partial charge in [0.25, 0.3) is 11.5 Å². The monoisotopic (exact) mass is 464 g/mol. The van der Waals surface area contributed by atoms with E-state index in [1.54, 1.807) is 48.5 Å². The van der Waals surface area contributed by atoms with Crippen LogP contribution in [-0.2, 0) is 0 Å². The zero-order chi connectivity index (χ0) is 22.8. The van der Waals surface area contributed by atoms with E-state index in [0.717, 1.165) is 11.1 Å². The third-order valence-corrected chi connectivity index (χ3v) is 5.65. The van der Waals surface area contributed by atoms with Crippen molar-refractivity contribution in [2.45, 2.75) is 13.8 Å². The van der Waals surface area contributed by atoms with Gasteiger partial charge in [-0.1, -0.05) is 53.5 Å². The van der Waals surface area contributed by atoms with Gasteiger partial charge in [0.15, 0.2) is 5.69 Å². The van der Waals surface area contributed by atoms with Crippen LogP contribution in [0.1, 0.15) is 27.2 Å². The highest BCUT2D eigenvalue weighted by atomic mass is 35.5. The number of aromatic nitrogens is 2. The Labute approximate surface area is 194 Å². The molecule has 1 amide bonds. The second-order valence-corrected chi connectivity index (χ2v) is 8.09. The lowest BCUT2D eigenvalue weighted by Gasteiger charge is -2.11. The summed E-state index contributed by atoms with van der Waals surface area (Å²) in [6, 6.07) is 17.4. The van der Waals surface area contributed by atoms with Crippen LogP contribution in [0.5, 0.6) is 0 Å². The Morgan fingerprint density at radius 3 is 2.47 bits per heavy atom. The molecule has 8 heteroatoms. The molecule has 0 atom stereocenters. The largest absolute Gasteiger partial charge is 0.292 e. The number of carbonyl (C=O) groups is 1. The van der Waals surface area contributed by atoms with E-state index in [2.05, 4.69) is 15.6 Å². The van der Waals surface area contributed by atoms with Gasteiger partial charge in [-0.2, -0.15) is 14.9 Å². The van der Waals surface area contributed by atoms with Gasteiger partial charge in [0.2, 0.25) is 0 Å². The van der Waals surface area contributed by atoms with Gasteiger partial charge in [-0.25, -0.2) is 5.43 Å². The summed E-state index contributed by atoms with van der Waals surface area (Å²) < 4.78 is 1.24. The number of aryl methyl sites for hydroxylation is 2. The van der Waals surface area contributed by atoms with Crippen molar-refractivity contribution in [2.24, 2.45) is 5.10 Å². The maximum atomic E-state index is 13.1. The lowest BCUT2D eigenvalue weighted by Crippen LogP contribution is -2.28. The van der Waals surface area contributed by atoms with Crippen LogP contribution < -0.4 is 11.0 Å². The fourth-order valence-electron chi connectivity index (χ4n) is 3.21. The SMILES string of the molecule is Cc1ccc(-n2nc(C(=O)N/N=C\c3ccc(Cl)cc3Cl)c3ccccc3c2=O)cc1C. The Kier molecular flexibility index (Phi) is 6.08. The summed E-state index contributed by atoms with van der Waals surface area (Å²) in [5.74, 6) is -0.555. The van der Waals surface area contributed by atoms with Crippen molar-refractivity contribution in [1.29, 1.82) is 0 Å². The summed E-state index contributed by atoms with van der Waals surface area (Å²) >= 11 is 12.0. The van der Waals surface area contributed by atoms with Crippen LogP contribution >= 0.6 is 23.2 Å². The predicted molar refractivity (Wildman–Crippen MR) is 128 cm³/mol. The van der Waals surface area contributed by atoms with Gasteiger partial charge in [0.1, 0.15) is 0 Å². The average molecular weight is 465 g/mol. The number of amides is 1. The topological polar surface area (TPSA) is 76.3 Å². The minimum absolute atomic E-state index is 0.0813. The molecule has 0 radical (unpaired) electrons. The molecule has 3 aromatic carbocycles. The second-order valence-electron chi connectivity index (χ2n) is 7.24. The van der Waals surface area contributed by atoms with Crippen LogP contribution in [0, 0.1) is 13.8 Å². The van der Waals surface area contributed by atoms with Gasteiger partial charge in [-0.3, -0.25) is 9.59 Å². The summed E-state index contributed by atoms with van der Waals surface area (Å²) in [5, 5.41) is 10.1. The van der Waals surface area contributed by atoms with Crippen molar-refractivity contribution in [3.63, 3.8) is 0 Å². The standard InChI is InChI=1S/C24H18Cl2N4O2/c1-14-7-10-18(11-15(14)2)30-24(32)20-6-4-3-5-19(20)22(29-30)23(31)28-27-13-16-8-9-17(25)12-21(16)26/h3-13H,1-2H3,(H,28,31)/b27-13-. The van der Waals surface area contributed by atoms with E-state index in [0.29, 0.717) is 32.1 Å². The number of hydrogen-bond acceptors (Lipinski definition) is 4. The minimum Gasteiger partial charge on any atom is -0.267 e. The molecule has 0 bridgehead atoms. The Balaban J connectivity index is 1.75. The van der Waals surface area contributed by atoms with E-state index in [-0.39, 0.29) is 11.3 Å². The highest BCUT2D eigenvalue weighted by molar-refractivity contribution is 6.36. The second kappa shape index (κ2) is 8.94. The summed E-state index contributed by atoms with van der Waals surface area (Å²) in [6.07, 6.45) is 1.41. The van der Waals surface area contributed by atoms with Crippen molar-refractivity contribution >= 4 is 46.1 Å². The highest BCUT2D eigenvalue weighted by Crippen LogP contribution is 2.20. The zero-order valence-electron chi connectivity index (χ0n) is 17.3. The molecule has 32 heavy (non-hydrogen) atoms. The Morgan fingerprint density at radius 1 is 1.00 bits per heavy atom. The molecule has 0 unspecified atom stereocenters. The van der Waals surface area contributed by atoms with E-state index >= 15 is 0 Å². The minimum atomic E-state index is -0.555. The summed E-state index contributed by atoms with van der Waals surface area (Å²) in [6.45, 7) is 3.94. The molecule has 6 nitrogen and oxygen atoms in total. The van der Waals surface area contributed by atoms with Gasteiger partial charge in [0.05, 0.1) is 22.3 Å². The fraction of sp³-hybridized carbons (Fsp3) is 0.0833. The molecule has 1 heterocycles. The number of hydrazone groups is 1. The third kappa shape index (κ3) is 4.28. The van der Waals surface area contributed by atoms with Crippen LogP contribution in [0.4, 0.5) is 0 Å². The molecule has 1 N–H and O–H groups in total. The van der Waals surface area contributed by atoms with Crippen molar-refractivity contribution in [3.8, 4) is 5.69 Å². The number of nitrogens with one attached hydrogen (secondary N) is 1. The summed E-state index contributed by atoms with van der Waals surface area (Å²) in [7, 11) is 0. The average Bonchev–Trinajstić information content (AvgIpc) is 2.77. The number of benzene rings is 3. The van der Waals surface area contributed by atoms with Crippen molar-refractivity contribution < 1.29 is 4.79 Å². The van der Waals surface area contributed by atoms with E-state index in [1.165, 1.54) is 10.9 Å². The molecule has 0 fully saturated rings. The lowest BCUT2D eigenvalue weighted by molar-refractivity contribution is 0.0950. The molecule has 1 aromatic heterocycles. The molecular formula is C24H18Cl2N4O2. The van der Waals surface area contributed by atoms with Crippen LogP contribution in [-0.4, -0.2) is 21.9 Å². The molecule has 0 saturated heterocycles. The van der Waals surface area contributed by atoms with Crippen molar-refractivity contribution in [3.05, 3.63) is 103 Å². The molecule has 4 aromatic rings. The molecule has 0 saturated carbocycles. The van der Waals surface area contributed by atoms with E-state index < -0.39 is 5.91 Å². The highest BCUT2D eigenvalue weighted by Gasteiger charge is 2.17. The number of halogens is 2. The van der Waals surface area contributed by atoms with Gasteiger partial charge < -0.3 is 0 Å². The smallest absolute Gasteiger partial charge is 0.267 e. The first-order valence-electron chi connectivity index (χ1n) is 9.73. The van der Waals surface area contributed by atoms with Gasteiger partial charge in [-0.05, 0) is 55.3 Å². The maximum absolute atomic E-state index is 13.1. The third-order valence-electron chi connectivity index (χ3n) is 5.09. The van der Waals surface area contributed by atoms with Gasteiger partial charge in [0, 0.05) is 16.0 Å². The zero-order valence-corrected chi connectivity index (χ0v) is 18.8. The number of hydrogen-bond donors (Lipinski definition) is 1. The van der Waals surface area contributed by atoms with Crippen LogP contribution in [0.25, 0.3) is 16.5 Å². The Bertz CT molecular complexity index is 1440. The molecule has 0 spiro atoms. The van der Waals surface area contributed by atoms with Crippen molar-refractivity contribution in [2.75, 3.05) is 0 Å². The Hall–Kier alpha value is -3.48.